The van der Waals surface area contributed by atoms with Crippen molar-refractivity contribution in [1.82, 2.24) is 4.90 Å². The van der Waals surface area contributed by atoms with Crippen molar-refractivity contribution in [2.24, 2.45) is 5.92 Å². The molecule has 2 amide bonds. The minimum Gasteiger partial charge on any atom is -0.375 e. The van der Waals surface area contributed by atoms with E-state index in [4.69, 9.17) is 4.74 Å². The minimum absolute atomic E-state index is 0.0500. The number of carbonyl (C=O) groups excluding carboxylic acids is 2. The molecule has 1 atom stereocenters. The Labute approximate surface area is 148 Å². The van der Waals surface area contributed by atoms with Gasteiger partial charge in [0.25, 0.3) is 0 Å². The second-order valence-corrected chi connectivity index (χ2v) is 7.49. The van der Waals surface area contributed by atoms with Crippen LogP contribution in [0.15, 0.2) is 24.3 Å². The van der Waals surface area contributed by atoms with Crippen molar-refractivity contribution in [3.63, 3.8) is 0 Å². The van der Waals surface area contributed by atoms with E-state index in [2.05, 4.69) is 13.0 Å². The van der Waals surface area contributed by atoms with E-state index in [-0.39, 0.29) is 23.3 Å². The number of benzene rings is 1. The maximum Gasteiger partial charge on any atom is 0.228 e. The van der Waals surface area contributed by atoms with Crippen LogP contribution in [0, 0.1) is 5.92 Å². The van der Waals surface area contributed by atoms with Crippen molar-refractivity contribution in [2.45, 2.75) is 44.6 Å². The predicted molar refractivity (Wildman–Crippen MR) is 95.4 cm³/mol. The molecular weight excluding hydrogens is 316 g/mol. The lowest BCUT2D eigenvalue weighted by Gasteiger charge is -2.47. The largest absolute Gasteiger partial charge is 0.375 e. The van der Waals surface area contributed by atoms with Crippen molar-refractivity contribution in [1.29, 1.82) is 0 Å². The van der Waals surface area contributed by atoms with Crippen LogP contribution in [0.5, 0.6) is 0 Å². The van der Waals surface area contributed by atoms with E-state index in [1.807, 2.05) is 28.0 Å². The topological polar surface area (TPSA) is 49.9 Å². The molecular formula is C20H26N2O3. The summed E-state index contributed by atoms with van der Waals surface area (Å²) in [5.74, 6) is -0.0113. The van der Waals surface area contributed by atoms with E-state index in [0.717, 1.165) is 56.6 Å². The summed E-state index contributed by atoms with van der Waals surface area (Å²) in [7, 11) is 0. The minimum atomic E-state index is -0.214. The van der Waals surface area contributed by atoms with Crippen molar-refractivity contribution in [3.05, 3.63) is 29.8 Å². The molecule has 3 aliphatic rings. The van der Waals surface area contributed by atoms with Gasteiger partial charge in [-0.25, -0.2) is 0 Å². The molecule has 0 aliphatic carbocycles. The number of anilines is 1. The molecule has 3 saturated heterocycles. The summed E-state index contributed by atoms with van der Waals surface area (Å²) in [6.07, 6.45) is 4.20. The third-order valence-electron chi connectivity index (χ3n) is 6.09. The van der Waals surface area contributed by atoms with Gasteiger partial charge in [0.15, 0.2) is 0 Å². The number of ether oxygens (including phenoxy) is 1. The number of piperidine rings is 1. The smallest absolute Gasteiger partial charge is 0.228 e. The second-order valence-electron chi connectivity index (χ2n) is 7.49. The highest BCUT2D eigenvalue weighted by atomic mass is 16.5. The molecule has 0 bridgehead atoms. The summed E-state index contributed by atoms with van der Waals surface area (Å²) in [5, 5.41) is 0. The van der Waals surface area contributed by atoms with Gasteiger partial charge in [0.2, 0.25) is 11.8 Å². The highest BCUT2D eigenvalue weighted by molar-refractivity contribution is 6.00. The van der Waals surface area contributed by atoms with E-state index >= 15 is 0 Å². The van der Waals surface area contributed by atoms with Gasteiger partial charge in [-0.2, -0.15) is 0 Å². The van der Waals surface area contributed by atoms with Crippen molar-refractivity contribution >= 4 is 17.5 Å². The van der Waals surface area contributed by atoms with Crippen LogP contribution in [-0.2, 0) is 20.7 Å². The summed E-state index contributed by atoms with van der Waals surface area (Å²) < 4.78 is 5.73. The van der Waals surface area contributed by atoms with E-state index in [0.29, 0.717) is 13.0 Å². The average molecular weight is 342 g/mol. The third kappa shape index (κ3) is 2.95. The monoisotopic (exact) mass is 342 g/mol. The Balaban J connectivity index is 1.42. The lowest BCUT2D eigenvalue weighted by molar-refractivity contribution is -0.177. The van der Waals surface area contributed by atoms with Crippen LogP contribution in [-0.4, -0.2) is 48.6 Å². The standard InChI is InChI=1S/C20H26N2O3/c1-2-15-5-3-4-6-17(15)22-14-16(13-18(22)23)19(24)21-10-7-20(8-11-21)9-12-25-20/h3-6,16H,2,7-14H2,1H3/t16-/m1/s1. The Bertz CT molecular complexity index is 673. The number of para-hydroxylation sites is 1. The van der Waals surface area contributed by atoms with Crippen LogP contribution in [0.2, 0.25) is 0 Å². The van der Waals surface area contributed by atoms with Crippen LogP contribution in [0.25, 0.3) is 0 Å². The summed E-state index contributed by atoms with van der Waals surface area (Å²) in [6, 6.07) is 8.00. The van der Waals surface area contributed by atoms with Crippen LogP contribution in [0.1, 0.15) is 38.2 Å². The van der Waals surface area contributed by atoms with E-state index in [1.54, 1.807) is 0 Å². The number of carbonyl (C=O) groups is 2. The SMILES string of the molecule is CCc1ccccc1N1C[C@H](C(=O)N2CCC3(CCO3)CC2)CC1=O. The van der Waals surface area contributed by atoms with Gasteiger partial charge in [-0.05, 0) is 37.3 Å². The average Bonchev–Trinajstić information content (AvgIpc) is 3.01. The molecule has 1 aromatic rings. The van der Waals surface area contributed by atoms with Gasteiger partial charge in [0.1, 0.15) is 0 Å². The van der Waals surface area contributed by atoms with Gasteiger partial charge in [0.05, 0.1) is 18.1 Å². The zero-order valence-electron chi connectivity index (χ0n) is 14.9. The number of likely N-dealkylation sites (tertiary alicyclic amines) is 1. The van der Waals surface area contributed by atoms with E-state index in [9.17, 15) is 9.59 Å². The highest BCUT2D eigenvalue weighted by Crippen LogP contribution is 2.37. The summed E-state index contributed by atoms with van der Waals surface area (Å²) >= 11 is 0. The number of hydrogen-bond donors (Lipinski definition) is 0. The molecule has 25 heavy (non-hydrogen) atoms. The Morgan fingerprint density at radius 1 is 1.24 bits per heavy atom. The Hall–Kier alpha value is -1.88. The van der Waals surface area contributed by atoms with Crippen molar-refractivity contribution < 1.29 is 14.3 Å². The number of aryl methyl sites for hydroxylation is 1. The predicted octanol–water partition coefficient (Wildman–Crippen LogP) is 2.38. The second kappa shape index (κ2) is 6.45. The molecule has 0 N–H and O–H groups in total. The quantitative estimate of drug-likeness (QED) is 0.847. The lowest BCUT2D eigenvalue weighted by Crippen LogP contribution is -2.54. The number of nitrogens with zero attached hydrogens (tertiary/aromatic N) is 2. The van der Waals surface area contributed by atoms with Crippen LogP contribution >= 0.6 is 0 Å². The summed E-state index contributed by atoms with van der Waals surface area (Å²) in [6.45, 7) is 4.97. The molecule has 134 valence electrons. The third-order valence-corrected chi connectivity index (χ3v) is 6.09. The van der Waals surface area contributed by atoms with E-state index < -0.39 is 0 Å². The molecule has 5 nitrogen and oxygen atoms in total. The van der Waals surface area contributed by atoms with Crippen molar-refractivity contribution in [2.75, 3.05) is 31.1 Å². The first-order chi connectivity index (χ1) is 12.1. The molecule has 0 saturated carbocycles. The van der Waals surface area contributed by atoms with Crippen LogP contribution in [0.3, 0.4) is 0 Å². The molecule has 3 fully saturated rings. The Morgan fingerprint density at radius 2 is 1.96 bits per heavy atom. The highest BCUT2D eigenvalue weighted by Gasteiger charge is 2.44. The van der Waals surface area contributed by atoms with Gasteiger partial charge >= 0.3 is 0 Å². The van der Waals surface area contributed by atoms with Gasteiger partial charge in [-0.3, -0.25) is 9.59 Å². The molecule has 1 spiro atoms. The molecule has 4 rings (SSSR count). The lowest BCUT2D eigenvalue weighted by atomic mass is 9.84. The maximum atomic E-state index is 12.9. The Morgan fingerprint density at radius 3 is 2.60 bits per heavy atom. The molecule has 1 aromatic carbocycles. The molecule has 3 heterocycles. The maximum absolute atomic E-state index is 12.9. The summed E-state index contributed by atoms with van der Waals surface area (Å²) in [5.41, 5.74) is 2.17. The fraction of sp³-hybridized carbons (Fsp3) is 0.600. The van der Waals surface area contributed by atoms with Crippen LogP contribution in [0.4, 0.5) is 5.69 Å². The number of rotatable bonds is 3. The molecule has 0 aromatic heterocycles. The van der Waals surface area contributed by atoms with Gasteiger partial charge in [-0.1, -0.05) is 25.1 Å². The zero-order valence-corrected chi connectivity index (χ0v) is 14.9. The van der Waals surface area contributed by atoms with Gasteiger partial charge in [0, 0.05) is 31.7 Å². The molecule has 0 radical (unpaired) electrons. The number of hydrogen-bond acceptors (Lipinski definition) is 3. The Kier molecular flexibility index (Phi) is 4.28. The zero-order chi connectivity index (χ0) is 17.4. The summed E-state index contributed by atoms with van der Waals surface area (Å²) in [4.78, 5) is 29.2. The van der Waals surface area contributed by atoms with Gasteiger partial charge < -0.3 is 14.5 Å². The number of amides is 2. The molecule has 3 aliphatic heterocycles. The van der Waals surface area contributed by atoms with Crippen LogP contribution < -0.4 is 4.90 Å². The van der Waals surface area contributed by atoms with Gasteiger partial charge in [-0.15, -0.1) is 0 Å². The first-order valence-electron chi connectivity index (χ1n) is 9.43. The first kappa shape index (κ1) is 16.6. The fourth-order valence-corrected chi connectivity index (χ4v) is 4.36. The van der Waals surface area contributed by atoms with E-state index in [1.165, 1.54) is 0 Å². The van der Waals surface area contributed by atoms with Crippen molar-refractivity contribution in [3.8, 4) is 0 Å². The first-order valence-corrected chi connectivity index (χ1v) is 9.43. The molecule has 5 heteroatoms. The fourth-order valence-electron chi connectivity index (χ4n) is 4.36. The molecule has 0 unspecified atom stereocenters. The normalized spacial score (nSPS) is 25.3.